The van der Waals surface area contributed by atoms with Gasteiger partial charge in [-0.3, -0.25) is 19.6 Å². The van der Waals surface area contributed by atoms with Crippen molar-refractivity contribution in [1.29, 1.82) is 0 Å². The van der Waals surface area contributed by atoms with Gasteiger partial charge in [-0.15, -0.1) is 0 Å². The van der Waals surface area contributed by atoms with Crippen LogP contribution >= 0.6 is 0 Å². The first kappa shape index (κ1) is 27.8. The van der Waals surface area contributed by atoms with Crippen LogP contribution in [0.2, 0.25) is 0 Å². The minimum Gasteiger partial charge on any atom is -0.396 e. The topological polar surface area (TPSA) is 159 Å². The minimum atomic E-state index is -0.547. The molecule has 0 spiro atoms. The zero-order chi connectivity index (χ0) is 27.2. The number of benzene rings is 1. The van der Waals surface area contributed by atoms with E-state index in [2.05, 4.69) is 15.6 Å². The fourth-order valence-corrected chi connectivity index (χ4v) is 3.52. The van der Waals surface area contributed by atoms with Crippen LogP contribution in [0.4, 0.5) is 21.5 Å². The quantitative estimate of drug-likeness (QED) is 0.188. The SMILES string of the molecule is Cc1ncc(NC(=O)c2cc(F)cc(N3CCOCC3)c2)cc1N(N)/C=C(\N)C(=O)NCC(C)(C)CO. The van der Waals surface area contributed by atoms with Gasteiger partial charge in [0.25, 0.3) is 11.8 Å². The zero-order valence-corrected chi connectivity index (χ0v) is 21.3. The Morgan fingerprint density at radius 2 is 1.97 bits per heavy atom. The number of nitrogens with zero attached hydrogens (tertiary/aromatic N) is 3. The molecule has 0 aliphatic carbocycles. The first-order chi connectivity index (χ1) is 17.5. The first-order valence-corrected chi connectivity index (χ1v) is 11.8. The molecular formula is C25H34FN7O4. The number of aliphatic hydroxyl groups excluding tert-OH is 1. The third-order valence-corrected chi connectivity index (χ3v) is 5.81. The van der Waals surface area contributed by atoms with Crippen LogP contribution in [0.15, 0.2) is 42.4 Å². The number of hydrogen-bond donors (Lipinski definition) is 5. The van der Waals surface area contributed by atoms with Crippen molar-refractivity contribution in [3.05, 3.63) is 59.4 Å². The van der Waals surface area contributed by atoms with Gasteiger partial charge >= 0.3 is 0 Å². The maximum absolute atomic E-state index is 14.3. The normalized spacial score (nSPS) is 14.3. The Hall–Kier alpha value is -3.74. The van der Waals surface area contributed by atoms with Crippen molar-refractivity contribution in [3.63, 3.8) is 0 Å². The first-order valence-electron chi connectivity index (χ1n) is 11.8. The van der Waals surface area contributed by atoms with Crippen LogP contribution in [-0.4, -0.2) is 61.4 Å². The number of aliphatic hydroxyl groups is 1. The third kappa shape index (κ3) is 7.62. The molecule has 2 heterocycles. The Morgan fingerprint density at radius 1 is 1.27 bits per heavy atom. The molecule has 1 aromatic heterocycles. The molecular weight excluding hydrogens is 481 g/mol. The van der Waals surface area contributed by atoms with Crippen molar-refractivity contribution in [3.8, 4) is 0 Å². The van der Waals surface area contributed by atoms with E-state index in [4.69, 9.17) is 16.3 Å². The Bertz CT molecular complexity index is 1170. The molecule has 1 saturated heterocycles. The molecule has 0 atom stereocenters. The van der Waals surface area contributed by atoms with E-state index in [1.807, 2.05) is 4.90 Å². The number of carbonyl (C=O) groups is 2. The van der Waals surface area contributed by atoms with E-state index in [-0.39, 0.29) is 24.4 Å². The van der Waals surface area contributed by atoms with Crippen LogP contribution in [0.3, 0.4) is 0 Å². The van der Waals surface area contributed by atoms with E-state index in [9.17, 15) is 19.1 Å². The summed E-state index contributed by atoms with van der Waals surface area (Å²) in [5.41, 5.74) is 7.21. The number of nitrogens with two attached hydrogens (primary N) is 2. The molecule has 2 aromatic rings. The molecule has 0 radical (unpaired) electrons. The Kier molecular flexibility index (Phi) is 9.03. The number of morpholine rings is 1. The molecule has 1 aliphatic heterocycles. The number of rotatable bonds is 9. The molecule has 0 unspecified atom stereocenters. The monoisotopic (exact) mass is 515 g/mol. The second kappa shape index (κ2) is 12.0. The number of carbonyl (C=O) groups excluding carboxylic acids is 2. The molecule has 1 aromatic carbocycles. The van der Waals surface area contributed by atoms with Gasteiger partial charge in [0.1, 0.15) is 11.5 Å². The van der Waals surface area contributed by atoms with Crippen molar-refractivity contribution in [2.75, 3.05) is 54.7 Å². The fraction of sp³-hybridized carbons (Fsp3) is 0.400. The summed E-state index contributed by atoms with van der Waals surface area (Å²) in [6, 6.07) is 5.75. The number of amides is 2. The summed E-state index contributed by atoms with van der Waals surface area (Å²) in [6.07, 6.45) is 2.68. The average molecular weight is 516 g/mol. The second-order valence-corrected chi connectivity index (χ2v) is 9.58. The number of nitrogens with one attached hydrogen (secondary N) is 2. The van der Waals surface area contributed by atoms with Gasteiger partial charge in [-0.2, -0.15) is 0 Å². The van der Waals surface area contributed by atoms with Gasteiger partial charge in [0.15, 0.2) is 0 Å². The lowest BCUT2D eigenvalue weighted by Gasteiger charge is -2.29. The summed E-state index contributed by atoms with van der Waals surface area (Å²) in [4.78, 5) is 31.4. The van der Waals surface area contributed by atoms with E-state index >= 15 is 0 Å². The van der Waals surface area contributed by atoms with Gasteiger partial charge in [0.05, 0.1) is 42.7 Å². The number of pyridine rings is 1. The smallest absolute Gasteiger partial charge is 0.268 e. The highest BCUT2D eigenvalue weighted by atomic mass is 19.1. The largest absolute Gasteiger partial charge is 0.396 e. The number of aryl methyl sites for hydroxylation is 1. The molecule has 7 N–H and O–H groups in total. The molecule has 1 aliphatic rings. The van der Waals surface area contributed by atoms with Crippen LogP contribution in [-0.2, 0) is 9.53 Å². The third-order valence-electron chi connectivity index (χ3n) is 5.81. The van der Waals surface area contributed by atoms with Crippen molar-refractivity contribution in [2.45, 2.75) is 20.8 Å². The standard InChI is InChI=1S/C25H34FN7O4/c1-16-22(33(28)13-21(27)24(36)30-14-25(2,3)15-34)11-19(12-29-16)31-23(35)17-8-18(26)10-20(9-17)32-4-6-37-7-5-32/h8-13,34H,4-7,14-15,27-28H2,1-3H3,(H,30,36)(H,31,35)/b21-13-. The molecule has 200 valence electrons. The van der Waals surface area contributed by atoms with E-state index in [1.54, 1.807) is 32.9 Å². The number of halogens is 1. The highest BCUT2D eigenvalue weighted by Crippen LogP contribution is 2.24. The summed E-state index contributed by atoms with van der Waals surface area (Å²) in [5, 5.41) is 15.8. The number of anilines is 3. The lowest BCUT2D eigenvalue weighted by atomic mass is 9.95. The molecule has 1 fully saturated rings. The summed E-state index contributed by atoms with van der Waals surface area (Å²) in [6.45, 7) is 7.69. The van der Waals surface area contributed by atoms with Gasteiger partial charge in [-0.1, -0.05) is 13.8 Å². The van der Waals surface area contributed by atoms with Crippen molar-refractivity contribution >= 4 is 28.9 Å². The maximum Gasteiger partial charge on any atom is 0.268 e. The summed E-state index contributed by atoms with van der Waals surface area (Å²) >= 11 is 0. The zero-order valence-electron chi connectivity index (χ0n) is 21.3. The van der Waals surface area contributed by atoms with Crippen LogP contribution in [0, 0.1) is 18.2 Å². The lowest BCUT2D eigenvalue weighted by molar-refractivity contribution is -0.118. The number of hydrogen-bond acceptors (Lipinski definition) is 9. The van der Waals surface area contributed by atoms with E-state index in [1.165, 1.54) is 18.5 Å². The molecule has 0 bridgehead atoms. The molecule has 12 heteroatoms. The Morgan fingerprint density at radius 3 is 2.65 bits per heavy atom. The molecule has 37 heavy (non-hydrogen) atoms. The average Bonchev–Trinajstić information content (AvgIpc) is 2.88. The van der Waals surface area contributed by atoms with Crippen LogP contribution in [0.5, 0.6) is 0 Å². The van der Waals surface area contributed by atoms with Crippen LogP contribution in [0.25, 0.3) is 0 Å². The maximum atomic E-state index is 14.3. The van der Waals surface area contributed by atoms with E-state index < -0.39 is 23.0 Å². The van der Waals surface area contributed by atoms with Gasteiger partial charge in [0.2, 0.25) is 0 Å². The molecule has 3 rings (SSSR count). The number of aromatic nitrogens is 1. The molecule has 11 nitrogen and oxygen atoms in total. The molecule has 2 amide bonds. The van der Waals surface area contributed by atoms with Gasteiger partial charge in [-0.25, -0.2) is 10.2 Å². The van der Waals surface area contributed by atoms with E-state index in [0.717, 1.165) is 11.1 Å². The van der Waals surface area contributed by atoms with Crippen molar-refractivity contribution in [1.82, 2.24) is 10.3 Å². The predicted molar refractivity (Wildman–Crippen MR) is 139 cm³/mol. The van der Waals surface area contributed by atoms with Crippen LogP contribution < -0.4 is 32.1 Å². The second-order valence-electron chi connectivity index (χ2n) is 9.58. The predicted octanol–water partition coefficient (Wildman–Crippen LogP) is 1.23. The highest BCUT2D eigenvalue weighted by Gasteiger charge is 2.19. The van der Waals surface area contributed by atoms with E-state index in [0.29, 0.717) is 49.1 Å². The Labute approximate surface area is 215 Å². The van der Waals surface area contributed by atoms with Gasteiger partial charge in [0, 0.05) is 42.9 Å². The van der Waals surface area contributed by atoms with Crippen LogP contribution in [0.1, 0.15) is 29.9 Å². The minimum absolute atomic E-state index is 0.104. The van der Waals surface area contributed by atoms with Gasteiger partial charge in [-0.05, 0) is 31.2 Å². The van der Waals surface area contributed by atoms with Crippen molar-refractivity contribution in [2.24, 2.45) is 17.0 Å². The molecule has 0 saturated carbocycles. The van der Waals surface area contributed by atoms with Crippen molar-refractivity contribution < 1.29 is 23.8 Å². The number of ether oxygens (including phenoxy) is 1. The summed E-state index contributed by atoms with van der Waals surface area (Å²) < 4.78 is 19.6. The summed E-state index contributed by atoms with van der Waals surface area (Å²) in [7, 11) is 0. The summed E-state index contributed by atoms with van der Waals surface area (Å²) in [5.74, 6) is 4.53. The number of hydrazine groups is 1. The highest BCUT2D eigenvalue weighted by molar-refractivity contribution is 6.05. The Balaban J connectivity index is 1.73. The fourth-order valence-electron chi connectivity index (χ4n) is 3.52. The van der Waals surface area contributed by atoms with Gasteiger partial charge < -0.3 is 31.1 Å². The lowest BCUT2D eigenvalue weighted by Crippen LogP contribution is -2.39.